The zero-order valence-electron chi connectivity index (χ0n) is 13.1. The van der Waals surface area contributed by atoms with Crippen LogP contribution in [-0.4, -0.2) is 43.2 Å². The molecule has 0 aliphatic carbocycles. The maximum absolute atomic E-state index is 12.0. The van der Waals surface area contributed by atoms with Crippen molar-refractivity contribution in [2.24, 2.45) is 0 Å². The number of carbonyl (C=O) groups excluding carboxylic acids is 3. The maximum Gasteiger partial charge on any atom is 0.337 e. The molecule has 0 heterocycles. The number of ether oxygens (including phenoxy) is 1. The van der Waals surface area contributed by atoms with Crippen LogP contribution < -0.4 is 10.6 Å². The van der Waals surface area contributed by atoms with Gasteiger partial charge >= 0.3 is 5.97 Å². The first kappa shape index (κ1) is 18.4. The lowest BCUT2D eigenvalue weighted by Gasteiger charge is -2.07. The summed E-state index contributed by atoms with van der Waals surface area (Å²) in [6.07, 6.45) is 1.65. The lowest BCUT2D eigenvalue weighted by atomic mass is 10.2. The Hall–Kier alpha value is -2.67. The Morgan fingerprint density at radius 2 is 1.87 bits per heavy atom. The molecular formula is C16H20N2O5. The number of carbonyl (C=O) groups is 3. The highest BCUT2D eigenvalue weighted by Gasteiger charge is 2.09. The van der Waals surface area contributed by atoms with Gasteiger partial charge in [0, 0.05) is 30.5 Å². The first-order chi connectivity index (χ1) is 11.0. The van der Waals surface area contributed by atoms with E-state index in [1.54, 1.807) is 12.1 Å². The van der Waals surface area contributed by atoms with Gasteiger partial charge in [0.2, 0.25) is 5.91 Å². The molecule has 7 heteroatoms. The van der Waals surface area contributed by atoms with Crippen LogP contribution in [0.4, 0.5) is 5.69 Å². The van der Waals surface area contributed by atoms with Gasteiger partial charge in [-0.1, -0.05) is 0 Å². The van der Waals surface area contributed by atoms with E-state index in [0.29, 0.717) is 24.2 Å². The zero-order valence-corrected chi connectivity index (χ0v) is 13.1. The van der Waals surface area contributed by atoms with Crippen LogP contribution in [0.15, 0.2) is 35.9 Å². The molecule has 0 aliphatic rings. The van der Waals surface area contributed by atoms with Crippen molar-refractivity contribution in [3.8, 4) is 0 Å². The normalized spacial score (nSPS) is 10.8. The van der Waals surface area contributed by atoms with Crippen molar-refractivity contribution in [1.82, 2.24) is 5.32 Å². The molecule has 0 unspecified atom stereocenters. The van der Waals surface area contributed by atoms with Gasteiger partial charge in [-0.05, 0) is 37.6 Å². The van der Waals surface area contributed by atoms with Crippen LogP contribution >= 0.6 is 0 Å². The van der Waals surface area contributed by atoms with Crippen LogP contribution in [0.25, 0.3) is 0 Å². The molecule has 0 saturated heterocycles. The molecule has 0 aromatic heterocycles. The number of benzene rings is 1. The highest BCUT2D eigenvalue weighted by molar-refractivity contribution is 6.07. The van der Waals surface area contributed by atoms with Crippen LogP contribution in [0.1, 0.15) is 23.7 Å². The molecule has 1 rings (SSSR count). The first-order valence-electron chi connectivity index (χ1n) is 7.04. The first-order valence-corrected chi connectivity index (χ1v) is 7.04. The highest BCUT2D eigenvalue weighted by atomic mass is 16.5. The van der Waals surface area contributed by atoms with Gasteiger partial charge in [-0.25, -0.2) is 4.79 Å². The average molecular weight is 320 g/mol. The second-order valence-electron chi connectivity index (χ2n) is 4.72. The van der Waals surface area contributed by atoms with Crippen molar-refractivity contribution in [3.63, 3.8) is 0 Å². The SMILES string of the molecule is COC(=O)c1ccc(NC(=O)/C(C)=C/C(=O)NCCCO)cc1. The third-order valence-electron chi connectivity index (χ3n) is 2.90. The summed E-state index contributed by atoms with van der Waals surface area (Å²) in [7, 11) is 1.29. The number of hydrogen-bond acceptors (Lipinski definition) is 5. The molecule has 0 saturated carbocycles. The summed E-state index contributed by atoms with van der Waals surface area (Å²) in [5.41, 5.74) is 1.11. The van der Waals surface area contributed by atoms with Gasteiger partial charge in [0.15, 0.2) is 0 Å². The van der Waals surface area contributed by atoms with Crippen LogP contribution in [0.2, 0.25) is 0 Å². The van der Waals surface area contributed by atoms with E-state index in [0.717, 1.165) is 0 Å². The Balaban J connectivity index is 2.60. The second-order valence-corrected chi connectivity index (χ2v) is 4.72. The average Bonchev–Trinajstić information content (AvgIpc) is 2.55. The van der Waals surface area contributed by atoms with E-state index in [1.165, 1.54) is 32.2 Å². The van der Waals surface area contributed by atoms with Gasteiger partial charge in [-0.15, -0.1) is 0 Å². The Morgan fingerprint density at radius 1 is 1.22 bits per heavy atom. The number of amides is 2. The number of rotatable bonds is 7. The van der Waals surface area contributed by atoms with Crippen molar-refractivity contribution in [2.45, 2.75) is 13.3 Å². The number of methoxy groups -OCH3 is 1. The zero-order chi connectivity index (χ0) is 17.2. The van der Waals surface area contributed by atoms with Crippen molar-refractivity contribution >= 4 is 23.5 Å². The number of esters is 1. The van der Waals surface area contributed by atoms with E-state index >= 15 is 0 Å². The Bertz CT molecular complexity index is 593. The fourth-order valence-corrected chi connectivity index (χ4v) is 1.64. The predicted octanol–water partition coefficient (Wildman–Crippen LogP) is 0.857. The van der Waals surface area contributed by atoms with Gasteiger partial charge in [-0.2, -0.15) is 0 Å². The van der Waals surface area contributed by atoms with Crippen LogP contribution in [-0.2, 0) is 14.3 Å². The van der Waals surface area contributed by atoms with Crippen LogP contribution in [0.3, 0.4) is 0 Å². The summed E-state index contributed by atoms with van der Waals surface area (Å²) in [5, 5.41) is 13.8. The highest BCUT2D eigenvalue weighted by Crippen LogP contribution is 2.11. The Kier molecular flexibility index (Phi) is 7.49. The van der Waals surface area contributed by atoms with E-state index in [9.17, 15) is 14.4 Å². The standard InChI is InChI=1S/C16H20N2O5/c1-11(10-14(20)17-8-3-9-19)15(21)18-13-6-4-12(5-7-13)16(22)23-2/h4-7,10,19H,3,8-9H2,1-2H3,(H,17,20)(H,18,21)/b11-10+. The minimum Gasteiger partial charge on any atom is -0.465 e. The number of nitrogens with one attached hydrogen (secondary N) is 2. The number of aliphatic hydroxyl groups is 1. The molecule has 23 heavy (non-hydrogen) atoms. The number of hydrogen-bond donors (Lipinski definition) is 3. The lowest BCUT2D eigenvalue weighted by molar-refractivity contribution is -0.117. The van der Waals surface area contributed by atoms with E-state index < -0.39 is 17.8 Å². The van der Waals surface area contributed by atoms with Crippen molar-refractivity contribution in [2.75, 3.05) is 25.6 Å². The van der Waals surface area contributed by atoms with Crippen molar-refractivity contribution < 1.29 is 24.2 Å². The topological polar surface area (TPSA) is 105 Å². The molecule has 0 radical (unpaired) electrons. The maximum atomic E-state index is 12.0. The summed E-state index contributed by atoms with van der Waals surface area (Å²) >= 11 is 0. The molecule has 0 atom stereocenters. The van der Waals surface area contributed by atoms with E-state index in [4.69, 9.17) is 5.11 Å². The molecule has 1 aromatic carbocycles. The minimum absolute atomic E-state index is 0.00890. The molecule has 0 fully saturated rings. The molecule has 2 amide bonds. The lowest BCUT2D eigenvalue weighted by Crippen LogP contribution is -2.24. The second kappa shape index (κ2) is 9.37. The third kappa shape index (κ3) is 6.31. The molecular weight excluding hydrogens is 300 g/mol. The predicted molar refractivity (Wildman–Crippen MR) is 84.9 cm³/mol. The molecule has 0 aliphatic heterocycles. The summed E-state index contributed by atoms with van der Waals surface area (Å²) < 4.78 is 4.58. The van der Waals surface area contributed by atoms with Gasteiger partial charge in [0.1, 0.15) is 0 Å². The summed E-state index contributed by atoms with van der Waals surface area (Å²) in [6, 6.07) is 6.20. The van der Waals surface area contributed by atoms with Gasteiger partial charge in [0.25, 0.3) is 5.91 Å². The fraction of sp³-hybridized carbons (Fsp3) is 0.312. The smallest absolute Gasteiger partial charge is 0.337 e. The van der Waals surface area contributed by atoms with E-state index in [1.807, 2.05) is 0 Å². The molecule has 3 N–H and O–H groups in total. The minimum atomic E-state index is -0.460. The third-order valence-corrected chi connectivity index (χ3v) is 2.90. The molecule has 124 valence electrons. The van der Waals surface area contributed by atoms with Crippen LogP contribution in [0, 0.1) is 0 Å². The molecule has 0 spiro atoms. The Morgan fingerprint density at radius 3 is 2.43 bits per heavy atom. The molecule has 1 aromatic rings. The van der Waals surface area contributed by atoms with Crippen molar-refractivity contribution in [3.05, 3.63) is 41.5 Å². The fourth-order valence-electron chi connectivity index (χ4n) is 1.64. The summed E-state index contributed by atoms with van der Waals surface area (Å²) in [4.78, 5) is 34.8. The van der Waals surface area contributed by atoms with E-state index in [2.05, 4.69) is 15.4 Å². The van der Waals surface area contributed by atoms with Crippen LogP contribution in [0.5, 0.6) is 0 Å². The summed E-state index contributed by atoms with van der Waals surface area (Å²) in [6.45, 7) is 1.85. The largest absolute Gasteiger partial charge is 0.465 e. The van der Waals surface area contributed by atoms with Gasteiger partial charge in [-0.3, -0.25) is 9.59 Å². The van der Waals surface area contributed by atoms with Gasteiger partial charge < -0.3 is 20.5 Å². The van der Waals surface area contributed by atoms with Crippen molar-refractivity contribution in [1.29, 1.82) is 0 Å². The van der Waals surface area contributed by atoms with Gasteiger partial charge in [0.05, 0.1) is 12.7 Å². The molecule has 0 bridgehead atoms. The quantitative estimate of drug-likeness (QED) is 0.392. The Labute approximate surface area is 134 Å². The number of aliphatic hydroxyl groups excluding tert-OH is 1. The monoisotopic (exact) mass is 320 g/mol. The van der Waals surface area contributed by atoms with E-state index in [-0.39, 0.29) is 12.2 Å². The molecule has 7 nitrogen and oxygen atoms in total. The number of anilines is 1. The summed E-state index contributed by atoms with van der Waals surface area (Å²) in [5.74, 6) is -1.28.